The van der Waals surface area contributed by atoms with E-state index in [1.807, 2.05) is 6.92 Å². The molecule has 4 atom stereocenters. The average Bonchev–Trinajstić information content (AvgIpc) is 2.74. The van der Waals surface area contributed by atoms with Crippen molar-refractivity contribution in [3.8, 4) is 0 Å². The van der Waals surface area contributed by atoms with E-state index < -0.39 is 0 Å². The molecule has 2 bridgehead atoms. The molecule has 0 aliphatic heterocycles. The van der Waals surface area contributed by atoms with Gasteiger partial charge in [-0.1, -0.05) is 13.3 Å². The van der Waals surface area contributed by atoms with Gasteiger partial charge in [0.15, 0.2) is 0 Å². The maximum atomic E-state index is 10.5. The molecule has 2 aliphatic rings. The fourth-order valence-electron chi connectivity index (χ4n) is 3.28. The molecule has 2 aliphatic carbocycles. The number of rotatable bonds is 4. The Hall–Kier alpha value is -0.330. The van der Waals surface area contributed by atoms with Crippen molar-refractivity contribution in [2.75, 3.05) is 0 Å². The smallest absolute Gasteiger partial charge is 0.122 e. The average molecular weight is 180 g/mol. The van der Waals surface area contributed by atoms with Crippen LogP contribution in [0.3, 0.4) is 0 Å². The molecule has 4 unspecified atom stereocenters. The number of hydrogen-bond acceptors (Lipinski definition) is 1. The summed E-state index contributed by atoms with van der Waals surface area (Å²) in [6, 6.07) is 0. The van der Waals surface area contributed by atoms with Gasteiger partial charge < -0.3 is 4.79 Å². The van der Waals surface area contributed by atoms with E-state index in [0.717, 1.165) is 30.5 Å². The normalized spacial score (nSPS) is 39.3. The van der Waals surface area contributed by atoms with Crippen LogP contribution in [0.2, 0.25) is 0 Å². The quantitative estimate of drug-likeness (QED) is 0.608. The van der Waals surface area contributed by atoms with Crippen LogP contribution < -0.4 is 0 Å². The van der Waals surface area contributed by atoms with E-state index in [9.17, 15) is 4.79 Å². The highest BCUT2D eigenvalue weighted by atomic mass is 16.1. The first kappa shape index (κ1) is 9.23. The second-order valence-corrected chi connectivity index (χ2v) is 5.13. The lowest BCUT2D eigenvalue weighted by Crippen LogP contribution is -2.11. The molecule has 0 heterocycles. The molecule has 0 aromatic carbocycles. The fraction of sp³-hybridized carbons (Fsp3) is 0.917. The SMILES string of the molecule is CC(C=O)CCC1CC2CCC1C2. The Balaban J connectivity index is 1.74. The van der Waals surface area contributed by atoms with Crippen LogP contribution in [-0.4, -0.2) is 6.29 Å². The Morgan fingerprint density at radius 3 is 2.77 bits per heavy atom. The minimum absolute atomic E-state index is 0.291. The first-order valence-corrected chi connectivity index (χ1v) is 5.75. The van der Waals surface area contributed by atoms with Gasteiger partial charge >= 0.3 is 0 Å². The highest BCUT2D eigenvalue weighted by molar-refractivity contribution is 5.52. The lowest BCUT2D eigenvalue weighted by Gasteiger charge is -2.21. The Bertz CT molecular complexity index is 188. The Kier molecular flexibility index (Phi) is 2.71. The summed E-state index contributed by atoms with van der Waals surface area (Å²) in [5.74, 6) is 3.35. The van der Waals surface area contributed by atoms with E-state index >= 15 is 0 Å². The minimum atomic E-state index is 0.291. The molecule has 0 aromatic heterocycles. The van der Waals surface area contributed by atoms with Crippen molar-refractivity contribution < 1.29 is 4.79 Å². The van der Waals surface area contributed by atoms with Crippen LogP contribution in [0.25, 0.3) is 0 Å². The molecule has 0 amide bonds. The molecular weight excluding hydrogens is 160 g/mol. The summed E-state index contributed by atoms with van der Waals surface area (Å²) in [5, 5.41) is 0. The first-order chi connectivity index (χ1) is 6.29. The predicted octanol–water partition coefficient (Wildman–Crippen LogP) is 3.04. The van der Waals surface area contributed by atoms with E-state index in [2.05, 4.69) is 0 Å². The van der Waals surface area contributed by atoms with Crippen LogP contribution >= 0.6 is 0 Å². The van der Waals surface area contributed by atoms with Crippen LogP contribution in [0.4, 0.5) is 0 Å². The highest BCUT2D eigenvalue weighted by Crippen LogP contribution is 2.50. The highest BCUT2D eigenvalue weighted by Gasteiger charge is 2.38. The molecule has 2 saturated carbocycles. The Morgan fingerprint density at radius 1 is 1.38 bits per heavy atom. The van der Waals surface area contributed by atoms with Crippen molar-refractivity contribution in [3.63, 3.8) is 0 Å². The summed E-state index contributed by atoms with van der Waals surface area (Å²) in [4.78, 5) is 10.5. The molecule has 0 radical (unpaired) electrons. The van der Waals surface area contributed by atoms with Gasteiger partial charge in [-0.15, -0.1) is 0 Å². The molecule has 13 heavy (non-hydrogen) atoms. The zero-order valence-electron chi connectivity index (χ0n) is 8.54. The molecule has 0 aromatic rings. The lowest BCUT2D eigenvalue weighted by molar-refractivity contribution is -0.110. The minimum Gasteiger partial charge on any atom is -0.303 e. The van der Waals surface area contributed by atoms with Crippen LogP contribution in [0.15, 0.2) is 0 Å². The standard InChI is InChI=1S/C12H20O/c1-9(8-13)2-4-11-6-10-3-5-12(11)7-10/h8-12H,2-7H2,1H3. The van der Waals surface area contributed by atoms with Gasteiger partial charge in [-0.3, -0.25) is 0 Å². The van der Waals surface area contributed by atoms with E-state index in [1.54, 1.807) is 0 Å². The van der Waals surface area contributed by atoms with Gasteiger partial charge in [-0.25, -0.2) is 0 Å². The molecule has 0 spiro atoms. The third-order valence-corrected chi connectivity index (χ3v) is 4.11. The van der Waals surface area contributed by atoms with Crippen molar-refractivity contribution in [2.45, 2.75) is 45.4 Å². The first-order valence-electron chi connectivity index (χ1n) is 5.75. The molecule has 0 saturated heterocycles. The van der Waals surface area contributed by atoms with E-state index in [4.69, 9.17) is 0 Å². The van der Waals surface area contributed by atoms with Crippen LogP contribution in [0, 0.1) is 23.7 Å². The summed E-state index contributed by atoms with van der Waals surface area (Å²) in [6.45, 7) is 2.04. The summed E-state index contributed by atoms with van der Waals surface area (Å²) >= 11 is 0. The summed E-state index contributed by atoms with van der Waals surface area (Å²) in [6.07, 6.45) is 9.47. The molecule has 2 fully saturated rings. The monoisotopic (exact) mass is 180 g/mol. The Labute approximate surface area is 80.9 Å². The molecule has 74 valence electrons. The fourth-order valence-corrected chi connectivity index (χ4v) is 3.28. The number of hydrogen-bond donors (Lipinski definition) is 0. The molecule has 1 nitrogen and oxygen atoms in total. The number of aldehydes is 1. The van der Waals surface area contributed by atoms with Gasteiger partial charge in [-0.05, 0) is 49.9 Å². The number of carbonyl (C=O) groups is 1. The number of fused-ring (bicyclic) bond motifs is 2. The molecule has 1 heteroatoms. The predicted molar refractivity (Wildman–Crippen MR) is 53.4 cm³/mol. The van der Waals surface area contributed by atoms with E-state index in [1.165, 1.54) is 32.1 Å². The molecule has 2 rings (SSSR count). The van der Waals surface area contributed by atoms with Crippen molar-refractivity contribution in [1.29, 1.82) is 0 Å². The van der Waals surface area contributed by atoms with Crippen LogP contribution in [0.5, 0.6) is 0 Å². The third-order valence-electron chi connectivity index (χ3n) is 4.11. The van der Waals surface area contributed by atoms with Crippen molar-refractivity contribution in [2.24, 2.45) is 23.7 Å². The van der Waals surface area contributed by atoms with Gasteiger partial charge in [-0.2, -0.15) is 0 Å². The third kappa shape index (κ3) is 1.95. The maximum absolute atomic E-state index is 10.5. The second kappa shape index (κ2) is 3.81. The zero-order valence-corrected chi connectivity index (χ0v) is 8.54. The summed E-state index contributed by atoms with van der Waals surface area (Å²) in [7, 11) is 0. The largest absolute Gasteiger partial charge is 0.303 e. The van der Waals surface area contributed by atoms with Gasteiger partial charge in [0.05, 0.1) is 0 Å². The van der Waals surface area contributed by atoms with Gasteiger partial charge in [0.2, 0.25) is 0 Å². The van der Waals surface area contributed by atoms with Crippen molar-refractivity contribution in [1.82, 2.24) is 0 Å². The summed E-state index contributed by atoms with van der Waals surface area (Å²) < 4.78 is 0. The Morgan fingerprint density at radius 2 is 2.23 bits per heavy atom. The van der Waals surface area contributed by atoms with Crippen molar-refractivity contribution in [3.05, 3.63) is 0 Å². The van der Waals surface area contributed by atoms with Gasteiger partial charge in [0.1, 0.15) is 6.29 Å². The molecular formula is C12H20O. The number of carbonyl (C=O) groups excluding carboxylic acids is 1. The van der Waals surface area contributed by atoms with E-state index in [-0.39, 0.29) is 0 Å². The molecule has 0 N–H and O–H groups in total. The second-order valence-electron chi connectivity index (χ2n) is 5.13. The van der Waals surface area contributed by atoms with Crippen molar-refractivity contribution >= 4 is 6.29 Å². The maximum Gasteiger partial charge on any atom is 0.122 e. The lowest BCUT2D eigenvalue weighted by atomic mass is 9.84. The topological polar surface area (TPSA) is 17.1 Å². The van der Waals surface area contributed by atoms with Gasteiger partial charge in [0, 0.05) is 5.92 Å². The van der Waals surface area contributed by atoms with E-state index in [0.29, 0.717) is 5.92 Å². The van der Waals surface area contributed by atoms with Gasteiger partial charge in [0.25, 0.3) is 0 Å². The zero-order chi connectivity index (χ0) is 9.26. The van der Waals surface area contributed by atoms with Crippen LogP contribution in [-0.2, 0) is 4.79 Å². The van der Waals surface area contributed by atoms with Crippen LogP contribution in [0.1, 0.15) is 45.4 Å². The summed E-state index contributed by atoms with van der Waals surface area (Å²) in [5.41, 5.74) is 0.